The lowest BCUT2D eigenvalue weighted by molar-refractivity contribution is -0.130. The zero-order valence-electron chi connectivity index (χ0n) is 15.9. The topological polar surface area (TPSA) is 55.4 Å². The van der Waals surface area contributed by atoms with E-state index in [0.717, 1.165) is 35.6 Å². The third-order valence-corrected chi connectivity index (χ3v) is 5.32. The number of esters is 1. The predicted octanol–water partition coefficient (Wildman–Crippen LogP) is 4.58. The Balaban J connectivity index is 1.42. The molecule has 28 heavy (non-hydrogen) atoms. The van der Waals surface area contributed by atoms with Crippen LogP contribution in [0.1, 0.15) is 47.3 Å². The molecule has 0 saturated heterocycles. The highest BCUT2D eigenvalue weighted by atomic mass is 16.5. The van der Waals surface area contributed by atoms with Crippen molar-refractivity contribution in [3.05, 3.63) is 83.4 Å². The number of carbonyl (C=O) groups is 2. The first-order valence-electron chi connectivity index (χ1n) is 9.70. The minimum absolute atomic E-state index is 0.0285. The number of hydrogen-bond donors (Lipinski definition) is 1. The summed E-state index contributed by atoms with van der Waals surface area (Å²) in [5.41, 5.74) is 2.89. The molecule has 3 aromatic carbocycles. The van der Waals surface area contributed by atoms with Gasteiger partial charge in [-0.15, -0.1) is 0 Å². The zero-order chi connectivity index (χ0) is 19.5. The smallest absolute Gasteiger partial charge is 0.338 e. The molecule has 4 nitrogen and oxygen atoms in total. The first-order valence-corrected chi connectivity index (χ1v) is 9.70. The van der Waals surface area contributed by atoms with Gasteiger partial charge in [-0.25, -0.2) is 4.79 Å². The van der Waals surface area contributed by atoms with Gasteiger partial charge >= 0.3 is 5.97 Å². The number of hydrogen-bond acceptors (Lipinski definition) is 3. The molecule has 1 aliphatic carbocycles. The Morgan fingerprint density at radius 2 is 1.75 bits per heavy atom. The second kappa shape index (κ2) is 7.85. The van der Waals surface area contributed by atoms with E-state index in [1.54, 1.807) is 19.1 Å². The summed E-state index contributed by atoms with van der Waals surface area (Å²) >= 11 is 0. The van der Waals surface area contributed by atoms with Gasteiger partial charge < -0.3 is 10.1 Å². The minimum Gasteiger partial charge on any atom is -0.449 e. The molecule has 4 rings (SSSR count). The molecule has 0 bridgehead atoms. The van der Waals surface area contributed by atoms with Crippen molar-refractivity contribution in [2.75, 3.05) is 0 Å². The van der Waals surface area contributed by atoms with E-state index >= 15 is 0 Å². The Morgan fingerprint density at radius 1 is 1.00 bits per heavy atom. The number of aryl methyl sites for hydroxylation is 1. The monoisotopic (exact) mass is 373 g/mol. The van der Waals surface area contributed by atoms with Crippen molar-refractivity contribution >= 4 is 22.6 Å². The molecule has 0 aliphatic heterocycles. The van der Waals surface area contributed by atoms with Crippen LogP contribution < -0.4 is 5.32 Å². The predicted molar refractivity (Wildman–Crippen MR) is 109 cm³/mol. The molecule has 0 saturated carbocycles. The van der Waals surface area contributed by atoms with Crippen LogP contribution in [0.25, 0.3) is 10.8 Å². The Kier molecular flexibility index (Phi) is 5.11. The van der Waals surface area contributed by atoms with Crippen molar-refractivity contribution in [3.63, 3.8) is 0 Å². The maximum Gasteiger partial charge on any atom is 0.338 e. The maximum absolute atomic E-state index is 12.6. The van der Waals surface area contributed by atoms with Crippen LogP contribution in [0.4, 0.5) is 0 Å². The summed E-state index contributed by atoms with van der Waals surface area (Å²) in [6.45, 7) is 1.61. The van der Waals surface area contributed by atoms with Crippen LogP contribution in [-0.2, 0) is 16.0 Å². The fraction of sp³-hybridized carbons (Fsp3) is 0.250. The average Bonchev–Trinajstić information content (AvgIpc) is 2.73. The lowest BCUT2D eigenvalue weighted by atomic mass is 9.87. The lowest BCUT2D eigenvalue weighted by Crippen LogP contribution is -2.39. The number of amides is 1. The molecule has 1 amide bonds. The second-order valence-corrected chi connectivity index (χ2v) is 7.26. The first-order chi connectivity index (χ1) is 13.6. The van der Waals surface area contributed by atoms with E-state index in [1.165, 1.54) is 5.56 Å². The van der Waals surface area contributed by atoms with Crippen molar-refractivity contribution in [1.82, 2.24) is 5.32 Å². The van der Waals surface area contributed by atoms with Gasteiger partial charge in [0, 0.05) is 0 Å². The molecule has 4 heteroatoms. The second-order valence-electron chi connectivity index (χ2n) is 7.26. The van der Waals surface area contributed by atoms with Gasteiger partial charge in [-0.05, 0) is 60.2 Å². The van der Waals surface area contributed by atoms with Gasteiger partial charge in [0.15, 0.2) is 6.10 Å². The molecule has 0 unspecified atom stereocenters. The van der Waals surface area contributed by atoms with Gasteiger partial charge in [-0.2, -0.15) is 0 Å². The molecule has 3 aromatic rings. The molecule has 0 radical (unpaired) electrons. The molecule has 0 spiro atoms. The van der Waals surface area contributed by atoms with E-state index in [9.17, 15) is 9.59 Å². The number of fused-ring (bicyclic) bond motifs is 2. The highest BCUT2D eigenvalue weighted by Crippen LogP contribution is 2.29. The zero-order valence-corrected chi connectivity index (χ0v) is 15.9. The van der Waals surface area contributed by atoms with Crippen molar-refractivity contribution < 1.29 is 14.3 Å². The maximum atomic E-state index is 12.6. The fourth-order valence-corrected chi connectivity index (χ4v) is 3.79. The molecule has 1 aliphatic rings. The quantitative estimate of drug-likeness (QED) is 0.681. The minimum atomic E-state index is -0.854. The number of rotatable bonds is 4. The first kappa shape index (κ1) is 18.2. The van der Waals surface area contributed by atoms with Crippen molar-refractivity contribution in [2.24, 2.45) is 0 Å². The lowest BCUT2D eigenvalue weighted by Gasteiger charge is -2.27. The van der Waals surface area contributed by atoms with E-state index in [4.69, 9.17) is 4.74 Å². The van der Waals surface area contributed by atoms with Crippen LogP contribution >= 0.6 is 0 Å². The standard InChI is InChI=1S/C24H23NO3/c1-16(23(26)25-22-12-6-10-18-8-4-5-11-21(18)22)28-24(27)20-14-13-17-7-2-3-9-19(17)15-20/h2-5,7-9,11,13-16,22H,6,10,12H2,1H3,(H,25,26)/t16-,22+/m1/s1. The van der Waals surface area contributed by atoms with Gasteiger partial charge in [0.1, 0.15) is 0 Å². The van der Waals surface area contributed by atoms with Gasteiger partial charge in [0.25, 0.3) is 5.91 Å². The molecule has 1 N–H and O–H groups in total. The van der Waals surface area contributed by atoms with E-state index in [1.807, 2.05) is 42.5 Å². The molecule has 142 valence electrons. The normalized spacial score (nSPS) is 16.8. The van der Waals surface area contributed by atoms with Crippen LogP contribution in [0, 0.1) is 0 Å². The summed E-state index contributed by atoms with van der Waals surface area (Å²) < 4.78 is 5.43. The Morgan fingerprint density at radius 3 is 2.61 bits per heavy atom. The van der Waals surface area contributed by atoms with Crippen LogP contribution in [0.5, 0.6) is 0 Å². The van der Waals surface area contributed by atoms with Crippen LogP contribution in [-0.4, -0.2) is 18.0 Å². The number of ether oxygens (including phenoxy) is 1. The summed E-state index contributed by atoms with van der Waals surface area (Å²) in [5.74, 6) is -0.756. The molecular weight excluding hydrogens is 350 g/mol. The van der Waals surface area contributed by atoms with Crippen molar-refractivity contribution in [3.8, 4) is 0 Å². The van der Waals surface area contributed by atoms with E-state index < -0.39 is 12.1 Å². The Labute approximate surface area is 164 Å². The van der Waals surface area contributed by atoms with Crippen molar-refractivity contribution in [2.45, 2.75) is 38.3 Å². The number of carbonyl (C=O) groups excluding carboxylic acids is 2. The SMILES string of the molecule is C[C@@H](OC(=O)c1ccc2ccccc2c1)C(=O)N[C@H]1CCCc2ccccc21. The molecule has 2 atom stereocenters. The summed E-state index contributed by atoms with van der Waals surface area (Å²) in [5, 5.41) is 5.07. The highest BCUT2D eigenvalue weighted by molar-refractivity contribution is 5.96. The van der Waals surface area contributed by atoms with Gasteiger partial charge in [-0.1, -0.05) is 54.6 Å². The highest BCUT2D eigenvalue weighted by Gasteiger charge is 2.25. The summed E-state index contributed by atoms with van der Waals surface area (Å²) in [4.78, 5) is 25.1. The van der Waals surface area contributed by atoms with Gasteiger partial charge in [-0.3, -0.25) is 4.79 Å². The van der Waals surface area contributed by atoms with Crippen LogP contribution in [0.2, 0.25) is 0 Å². The third-order valence-electron chi connectivity index (χ3n) is 5.32. The Hall–Kier alpha value is -3.14. The number of benzene rings is 3. The van der Waals surface area contributed by atoms with E-state index in [2.05, 4.69) is 17.4 Å². The summed E-state index contributed by atoms with van der Waals surface area (Å²) in [6, 6.07) is 21.4. The van der Waals surface area contributed by atoms with Crippen molar-refractivity contribution in [1.29, 1.82) is 0 Å². The number of nitrogens with one attached hydrogen (secondary N) is 1. The molecule has 0 aromatic heterocycles. The van der Waals surface area contributed by atoms with E-state index in [-0.39, 0.29) is 11.9 Å². The fourth-order valence-electron chi connectivity index (χ4n) is 3.79. The van der Waals surface area contributed by atoms with Crippen LogP contribution in [0.15, 0.2) is 66.7 Å². The molecular formula is C24H23NO3. The summed E-state index contributed by atoms with van der Waals surface area (Å²) in [7, 11) is 0. The molecule has 0 heterocycles. The Bertz CT molecular complexity index is 1030. The summed E-state index contributed by atoms with van der Waals surface area (Å²) in [6.07, 6.45) is 2.11. The largest absolute Gasteiger partial charge is 0.449 e. The average molecular weight is 373 g/mol. The van der Waals surface area contributed by atoms with E-state index in [0.29, 0.717) is 5.56 Å². The molecule has 0 fully saturated rings. The van der Waals surface area contributed by atoms with Crippen LogP contribution in [0.3, 0.4) is 0 Å². The third kappa shape index (κ3) is 3.77. The van der Waals surface area contributed by atoms with Gasteiger partial charge in [0.05, 0.1) is 11.6 Å². The van der Waals surface area contributed by atoms with Gasteiger partial charge in [0.2, 0.25) is 0 Å².